The van der Waals surface area contributed by atoms with Gasteiger partial charge in [0.05, 0.1) is 0 Å². The first-order valence-corrected chi connectivity index (χ1v) is 30.9. The lowest BCUT2D eigenvalue weighted by molar-refractivity contribution is 1.34. The van der Waals surface area contributed by atoms with E-state index in [2.05, 4.69) is 315 Å². The summed E-state index contributed by atoms with van der Waals surface area (Å²) in [5.41, 5.74) is 28.2. The van der Waals surface area contributed by atoms with Crippen LogP contribution in [-0.2, 0) is 0 Å². The largest absolute Gasteiger partial charge is 0.250 e. The lowest BCUT2D eigenvalue weighted by atomic mass is 9.82. The Balaban J connectivity index is 1.43. The predicted octanol–water partition coefficient (Wildman–Crippen LogP) is 19.7. The van der Waals surface area contributed by atoms with E-state index < -0.39 is 7.38 Å². The van der Waals surface area contributed by atoms with E-state index in [-0.39, 0.29) is 0 Å². The van der Waals surface area contributed by atoms with Gasteiger partial charge in [-0.05, 0) is 191 Å². The minimum absolute atomic E-state index is 1.12. The number of hydrogen-bond acceptors (Lipinski definition) is 0. The number of halogens is 1. The van der Waals surface area contributed by atoms with Gasteiger partial charge in [-0.3, -0.25) is 0 Å². The van der Waals surface area contributed by atoms with Crippen molar-refractivity contribution in [2.24, 2.45) is 0 Å². The number of hydrogen-bond donors (Lipinski definition) is 0. The van der Waals surface area contributed by atoms with Crippen molar-refractivity contribution in [3.8, 4) is 100 Å². The highest BCUT2D eigenvalue weighted by molar-refractivity contribution is 7.42. The van der Waals surface area contributed by atoms with E-state index in [1.807, 2.05) is 0 Å². The van der Waals surface area contributed by atoms with E-state index in [1.54, 1.807) is 0 Å². The zero-order chi connectivity index (χ0) is 54.9. The summed E-state index contributed by atoms with van der Waals surface area (Å²) in [6, 6.07) is 99.8. The van der Waals surface area contributed by atoms with E-state index in [0.717, 1.165) is 50.1 Å². The van der Waals surface area contributed by atoms with Crippen LogP contribution in [0, 0.1) is 41.5 Å². The Hall–Kier alpha value is -8.85. The second-order valence-corrected chi connectivity index (χ2v) is 25.7. The molecule has 0 aliphatic rings. The van der Waals surface area contributed by atoms with Crippen molar-refractivity contribution >= 4 is 34.0 Å². The molecule has 0 amide bonds. The smallest absolute Gasteiger partial charge is 0.149 e. The summed E-state index contributed by atoms with van der Waals surface area (Å²) >= 11 is 10.2. The van der Waals surface area contributed by atoms with Gasteiger partial charge in [0.1, 0.15) is 0 Å². The Kier molecular flexibility index (Phi) is 14.3. The topological polar surface area (TPSA) is 0 Å². The van der Waals surface area contributed by atoms with Crippen LogP contribution in [0.2, 0.25) is 0 Å². The van der Waals surface area contributed by atoms with Gasteiger partial charge in [-0.25, -0.2) is 0 Å². The molecule has 0 saturated heterocycles. The molecule has 0 radical (unpaired) electrons. The van der Waals surface area contributed by atoms with E-state index in [4.69, 9.17) is 0 Å². The maximum Gasteiger partial charge on any atom is 0.250 e. The molecule has 0 spiro atoms. The highest BCUT2D eigenvalue weighted by atomic mass is 35.6. The first kappa shape index (κ1) is 51.9. The van der Waals surface area contributed by atoms with Crippen LogP contribution in [0.3, 0.4) is 0 Å². The van der Waals surface area contributed by atoms with Gasteiger partial charge in [-0.1, -0.05) is 273 Å². The summed E-state index contributed by atoms with van der Waals surface area (Å²) in [7, 11) is -4.18. The zero-order valence-corrected chi connectivity index (χ0v) is 48.1. The highest BCUT2D eigenvalue weighted by Gasteiger charge is 2.50. The van der Waals surface area contributed by atoms with Crippen molar-refractivity contribution < 1.29 is 0 Å². The summed E-state index contributed by atoms with van der Waals surface area (Å²) in [5.74, 6) is 0. The van der Waals surface area contributed by atoms with Crippen molar-refractivity contribution in [3.05, 3.63) is 306 Å². The molecule has 0 aliphatic carbocycles. The van der Waals surface area contributed by atoms with Crippen molar-refractivity contribution in [2.45, 2.75) is 41.5 Å². The van der Waals surface area contributed by atoms with Crippen molar-refractivity contribution in [3.63, 3.8) is 0 Å². The van der Waals surface area contributed by atoms with Crippen molar-refractivity contribution in [2.75, 3.05) is 0 Å². The third kappa shape index (κ3) is 8.98. The third-order valence-corrected chi connectivity index (χ3v) is 22.4. The molecule has 80 heavy (non-hydrogen) atoms. The Morgan fingerprint density at radius 2 is 0.312 bits per heavy atom. The molecule has 0 bridgehead atoms. The molecule has 0 fully saturated rings. The van der Waals surface area contributed by atoms with Gasteiger partial charge in [0.25, 0.3) is 7.38 Å². The summed E-state index contributed by atoms with van der Waals surface area (Å²) in [6.45, 7) is 14.2. The molecule has 0 N–H and O–H groups in total. The Labute approximate surface area is 479 Å². The average molecular weight is 1060 g/mol. The number of benzene rings is 12. The second-order valence-electron chi connectivity index (χ2n) is 21.2. The molecule has 12 aromatic carbocycles. The van der Waals surface area contributed by atoms with Gasteiger partial charge in [0.2, 0.25) is 0 Å². The molecule has 0 atom stereocenters. The van der Waals surface area contributed by atoms with Crippen LogP contribution in [0.15, 0.2) is 273 Å². The standard InChI is InChI=1S/C78H63ClSi/c1-52-55(4)76(73(64-46-28-13-29-47-64)70(61-40-22-10-23-41-61)67(52)58-34-16-7-17-35-58)80(79,77-56(5)53(2)68(59-36-18-8-19-37-59)71(62-42-24-11-25-43-62)74(77)65-48-30-14-31-49-65)78-57(6)54(3)69(60-38-20-9-21-39-60)72(63-44-26-12-27-45-63)75(78)66-50-32-15-33-51-66/h7-51H,1-6H3. The Morgan fingerprint density at radius 1 is 0.175 bits per heavy atom. The second kappa shape index (κ2) is 22.1. The van der Waals surface area contributed by atoms with Gasteiger partial charge in [-0.2, -0.15) is 0 Å². The fourth-order valence-corrected chi connectivity index (χ4v) is 19.8. The van der Waals surface area contributed by atoms with E-state index in [0.29, 0.717) is 0 Å². The first-order chi connectivity index (χ1) is 39.2. The molecule has 0 aromatic heterocycles. The molecule has 0 aliphatic heterocycles. The molecule has 0 nitrogen and oxygen atoms in total. The summed E-state index contributed by atoms with van der Waals surface area (Å²) in [4.78, 5) is 0. The molecule has 0 saturated carbocycles. The zero-order valence-electron chi connectivity index (χ0n) is 46.4. The number of rotatable bonds is 12. The molecule has 12 aromatic rings. The molecule has 2 heteroatoms. The minimum Gasteiger partial charge on any atom is -0.149 e. The SMILES string of the molecule is Cc1c(C)c([Si](Cl)(c2c(C)c(C)c(-c3ccccc3)c(-c3ccccc3)c2-c2ccccc2)c2c(C)c(C)c(-c3ccccc3)c(-c3ccccc3)c2-c2ccccc2)c(-c2ccccc2)c(-c2ccccc2)c1-c1ccccc1. The van der Waals surface area contributed by atoms with Crippen LogP contribution in [0.5, 0.6) is 0 Å². The Morgan fingerprint density at radius 3 is 0.475 bits per heavy atom. The molecule has 386 valence electrons. The average Bonchev–Trinajstić information content (AvgIpc) is 3.58. The maximum absolute atomic E-state index is 10.2. The fraction of sp³-hybridized carbons (Fsp3) is 0.0769. The van der Waals surface area contributed by atoms with Gasteiger partial charge >= 0.3 is 0 Å². The lowest BCUT2D eigenvalue weighted by Crippen LogP contribution is -2.67. The van der Waals surface area contributed by atoms with Gasteiger partial charge in [-0.15, -0.1) is 11.1 Å². The van der Waals surface area contributed by atoms with Gasteiger partial charge in [0, 0.05) is 0 Å². The predicted molar refractivity (Wildman–Crippen MR) is 347 cm³/mol. The normalized spacial score (nSPS) is 11.4. The van der Waals surface area contributed by atoms with Crippen molar-refractivity contribution in [1.82, 2.24) is 0 Å². The van der Waals surface area contributed by atoms with Gasteiger partial charge in [0.15, 0.2) is 0 Å². The monoisotopic (exact) mass is 1060 g/mol. The summed E-state index contributed by atoms with van der Waals surface area (Å²) in [5, 5.41) is 3.58. The fourth-order valence-electron chi connectivity index (χ4n) is 12.9. The van der Waals surface area contributed by atoms with Crippen LogP contribution in [-0.4, -0.2) is 7.38 Å². The molecule has 0 heterocycles. The highest BCUT2D eigenvalue weighted by Crippen LogP contribution is 2.50. The van der Waals surface area contributed by atoms with Crippen LogP contribution in [0.1, 0.15) is 33.4 Å². The minimum atomic E-state index is -4.18. The van der Waals surface area contributed by atoms with Crippen LogP contribution >= 0.6 is 11.1 Å². The molecular weight excluding hydrogens is 1000 g/mol. The third-order valence-electron chi connectivity index (χ3n) is 16.8. The van der Waals surface area contributed by atoms with E-state index >= 15 is 0 Å². The lowest BCUT2D eigenvalue weighted by Gasteiger charge is -2.41. The van der Waals surface area contributed by atoms with Gasteiger partial charge < -0.3 is 0 Å². The molecule has 12 rings (SSSR count). The molecule has 0 unspecified atom stereocenters. The van der Waals surface area contributed by atoms with Crippen LogP contribution < -0.4 is 15.6 Å². The summed E-state index contributed by atoms with van der Waals surface area (Å²) < 4.78 is 0. The summed E-state index contributed by atoms with van der Waals surface area (Å²) in [6.07, 6.45) is 0. The molecular formula is C78H63ClSi. The van der Waals surface area contributed by atoms with Crippen LogP contribution in [0.4, 0.5) is 0 Å². The maximum atomic E-state index is 10.2. The Bertz CT molecular complexity index is 3730. The van der Waals surface area contributed by atoms with E-state index in [1.165, 1.54) is 99.0 Å². The first-order valence-electron chi connectivity index (χ1n) is 27.9. The quantitative estimate of drug-likeness (QED) is 0.0650. The van der Waals surface area contributed by atoms with Crippen LogP contribution in [0.25, 0.3) is 100 Å². The van der Waals surface area contributed by atoms with Crippen molar-refractivity contribution in [1.29, 1.82) is 0 Å². The van der Waals surface area contributed by atoms with E-state index in [9.17, 15) is 11.1 Å².